The van der Waals surface area contributed by atoms with E-state index in [1.54, 1.807) is 26.8 Å². The van der Waals surface area contributed by atoms with Gasteiger partial charge in [0.05, 0.1) is 0 Å². The first kappa shape index (κ1) is 12.2. The number of carbonyl (C=O) groups excluding carboxylic acids is 2. The molecule has 0 fully saturated rings. The first-order valence-corrected chi connectivity index (χ1v) is 4.82. The van der Waals surface area contributed by atoms with Crippen LogP contribution in [0, 0.1) is 0 Å². The second-order valence-electron chi connectivity index (χ2n) is 4.22. The van der Waals surface area contributed by atoms with Crippen LogP contribution in [0.25, 0.3) is 0 Å². The van der Waals surface area contributed by atoms with E-state index in [1.165, 1.54) is 12.3 Å². The highest BCUT2D eigenvalue weighted by Gasteiger charge is 2.16. The van der Waals surface area contributed by atoms with E-state index in [4.69, 9.17) is 4.74 Å². The highest BCUT2D eigenvalue weighted by atomic mass is 16.6. The van der Waals surface area contributed by atoms with Crippen molar-refractivity contribution in [2.75, 3.05) is 5.32 Å². The lowest BCUT2D eigenvalue weighted by molar-refractivity contribution is 0.0635. The fourth-order valence-corrected chi connectivity index (χ4v) is 0.997. The summed E-state index contributed by atoms with van der Waals surface area (Å²) in [6.45, 7) is 5.30. The molecule has 0 atom stereocenters. The predicted octanol–water partition coefficient (Wildman–Crippen LogP) is 2.24. The number of aromatic nitrogens is 1. The fraction of sp³-hybridized carbons (Fsp3) is 0.364. The van der Waals surface area contributed by atoms with Gasteiger partial charge in [-0.05, 0) is 32.9 Å². The number of amides is 1. The molecule has 0 bridgehead atoms. The molecule has 0 aliphatic carbocycles. The Morgan fingerprint density at radius 2 is 2.19 bits per heavy atom. The van der Waals surface area contributed by atoms with Gasteiger partial charge in [0.1, 0.15) is 17.7 Å². The Kier molecular flexibility index (Phi) is 3.60. The van der Waals surface area contributed by atoms with Gasteiger partial charge in [-0.25, -0.2) is 9.78 Å². The molecule has 0 aromatic carbocycles. The highest BCUT2D eigenvalue weighted by Crippen LogP contribution is 2.10. The van der Waals surface area contributed by atoms with E-state index >= 15 is 0 Å². The summed E-state index contributed by atoms with van der Waals surface area (Å²) in [5, 5.41) is 2.44. The Labute approximate surface area is 93.8 Å². The summed E-state index contributed by atoms with van der Waals surface area (Å²) in [7, 11) is 0. The van der Waals surface area contributed by atoms with Gasteiger partial charge in [-0.2, -0.15) is 0 Å². The second-order valence-corrected chi connectivity index (χ2v) is 4.22. The number of nitrogens with one attached hydrogen (secondary N) is 1. The lowest BCUT2D eigenvalue weighted by Gasteiger charge is -2.19. The summed E-state index contributed by atoms with van der Waals surface area (Å²) in [5.41, 5.74) is -0.118. The number of anilines is 1. The molecule has 5 nitrogen and oxygen atoms in total. The second kappa shape index (κ2) is 4.74. The van der Waals surface area contributed by atoms with Crippen molar-refractivity contribution in [2.45, 2.75) is 26.4 Å². The SMILES string of the molecule is CC(C)(C)OC(=O)Nc1cc(C=O)ccn1. The Morgan fingerprint density at radius 3 is 2.75 bits per heavy atom. The van der Waals surface area contributed by atoms with Crippen LogP contribution in [-0.2, 0) is 4.74 Å². The number of pyridine rings is 1. The molecule has 0 aliphatic rings. The molecule has 0 unspecified atom stereocenters. The zero-order valence-electron chi connectivity index (χ0n) is 9.48. The molecule has 86 valence electrons. The van der Waals surface area contributed by atoms with Gasteiger partial charge < -0.3 is 4.74 Å². The minimum atomic E-state index is -0.594. The molecular formula is C11H14N2O3. The molecule has 1 amide bonds. The van der Waals surface area contributed by atoms with E-state index in [1.807, 2.05) is 0 Å². The summed E-state index contributed by atoms with van der Waals surface area (Å²) in [6.07, 6.45) is 1.53. The van der Waals surface area contributed by atoms with Crippen molar-refractivity contribution in [1.29, 1.82) is 0 Å². The van der Waals surface area contributed by atoms with Gasteiger partial charge in [-0.15, -0.1) is 0 Å². The predicted molar refractivity (Wildman–Crippen MR) is 59.5 cm³/mol. The molecule has 5 heteroatoms. The van der Waals surface area contributed by atoms with Crippen molar-refractivity contribution in [2.24, 2.45) is 0 Å². The van der Waals surface area contributed by atoms with Crippen LogP contribution >= 0.6 is 0 Å². The van der Waals surface area contributed by atoms with Crippen molar-refractivity contribution >= 4 is 18.2 Å². The summed E-state index contributed by atoms with van der Waals surface area (Å²) < 4.78 is 5.04. The van der Waals surface area contributed by atoms with Crippen molar-refractivity contribution in [3.8, 4) is 0 Å². The minimum absolute atomic E-state index is 0.291. The monoisotopic (exact) mass is 222 g/mol. The largest absolute Gasteiger partial charge is 0.444 e. The number of hydrogen-bond donors (Lipinski definition) is 1. The molecule has 0 aliphatic heterocycles. The molecule has 1 aromatic heterocycles. The molecule has 1 rings (SSSR count). The Bertz CT molecular complexity index is 396. The first-order valence-electron chi connectivity index (χ1n) is 4.82. The van der Waals surface area contributed by atoms with Crippen LogP contribution in [0.15, 0.2) is 18.3 Å². The number of carbonyl (C=O) groups is 2. The molecule has 1 aromatic rings. The number of hydrogen-bond acceptors (Lipinski definition) is 4. The summed E-state index contributed by atoms with van der Waals surface area (Å²) in [4.78, 5) is 25.8. The van der Waals surface area contributed by atoms with E-state index in [0.717, 1.165) is 0 Å². The molecule has 0 saturated carbocycles. The lowest BCUT2D eigenvalue weighted by atomic mass is 10.2. The molecule has 0 radical (unpaired) electrons. The van der Waals surface area contributed by atoms with Crippen molar-refractivity contribution in [3.63, 3.8) is 0 Å². The number of nitrogens with zero attached hydrogens (tertiary/aromatic N) is 1. The van der Waals surface area contributed by atoms with Crippen LogP contribution in [0.4, 0.5) is 10.6 Å². The van der Waals surface area contributed by atoms with E-state index in [2.05, 4.69) is 10.3 Å². The van der Waals surface area contributed by atoms with Gasteiger partial charge in [0, 0.05) is 11.8 Å². The summed E-state index contributed by atoms with van der Waals surface area (Å²) in [5.74, 6) is 0.291. The number of ether oxygens (including phenoxy) is 1. The van der Waals surface area contributed by atoms with Gasteiger partial charge in [-0.3, -0.25) is 10.1 Å². The average molecular weight is 222 g/mol. The maximum atomic E-state index is 11.4. The zero-order chi connectivity index (χ0) is 12.2. The summed E-state index contributed by atoms with van der Waals surface area (Å²) in [6, 6.07) is 3.02. The fourth-order valence-electron chi connectivity index (χ4n) is 0.997. The van der Waals surface area contributed by atoms with Crippen LogP contribution in [0.5, 0.6) is 0 Å². The van der Waals surface area contributed by atoms with Crippen LogP contribution in [0.1, 0.15) is 31.1 Å². The molecule has 0 saturated heterocycles. The van der Waals surface area contributed by atoms with E-state index in [9.17, 15) is 9.59 Å². The topological polar surface area (TPSA) is 68.3 Å². The third-order valence-corrected chi connectivity index (χ3v) is 1.55. The average Bonchev–Trinajstić information content (AvgIpc) is 2.15. The normalized spacial score (nSPS) is 10.7. The maximum absolute atomic E-state index is 11.4. The molecule has 1 N–H and O–H groups in total. The van der Waals surface area contributed by atoms with Gasteiger partial charge >= 0.3 is 6.09 Å². The van der Waals surface area contributed by atoms with Crippen LogP contribution in [0.3, 0.4) is 0 Å². The van der Waals surface area contributed by atoms with E-state index in [-0.39, 0.29) is 0 Å². The Hall–Kier alpha value is -1.91. The molecular weight excluding hydrogens is 208 g/mol. The van der Waals surface area contributed by atoms with Gasteiger partial charge in [0.25, 0.3) is 0 Å². The molecule has 1 heterocycles. The van der Waals surface area contributed by atoms with Gasteiger partial charge in [0.2, 0.25) is 0 Å². The van der Waals surface area contributed by atoms with E-state index < -0.39 is 11.7 Å². The standard InChI is InChI=1S/C11H14N2O3/c1-11(2,3)16-10(15)13-9-6-8(7-14)4-5-12-9/h4-7H,1-3H3,(H,12,13,15). The van der Waals surface area contributed by atoms with Crippen molar-refractivity contribution in [1.82, 2.24) is 4.98 Å². The Balaban J connectivity index is 2.66. The smallest absolute Gasteiger partial charge is 0.413 e. The molecule has 0 spiro atoms. The Morgan fingerprint density at radius 1 is 1.50 bits per heavy atom. The summed E-state index contributed by atoms with van der Waals surface area (Å²) >= 11 is 0. The van der Waals surface area contributed by atoms with Crippen molar-refractivity contribution < 1.29 is 14.3 Å². The first-order chi connectivity index (χ1) is 7.40. The third-order valence-electron chi connectivity index (χ3n) is 1.55. The number of aldehydes is 1. The van der Waals surface area contributed by atoms with Crippen molar-refractivity contribution in [3.05, 3.63) is 23.9 Å². The van der Waals surface area contributed by atoms with Gasteiger partial charge in [0.15, 0.2) is 0 Å². The third kappa shape index (κ3) is 4.08. The van der Waals surface area contributed by atoms with Crippen LogP contribution in [-0.4, -0.2) is 23.0 Å². The molecule has 16 heavy (non-hydrogen) atoms. The highest BCUT2D eigenvalue weighted by molar-refractivity contribution is 5.85. The van der Waals surface area contributed by atoms with Crippen LogP contribution < -0.4 is 5.32 Å². The van der Waals surface area contributed by atoms with Gasteiger partial charge in [-0.1, -0.05) is 0 Å². The van der Waals surface area contributed by atoms with E-state index in [0.29, 0.717) is 17.7 Å². The lowest BCUT2D eigenvalue weighted by Crippen LogP contribution is -2.27. The zero-order valence-corrected chi connectivity index (χ0v) is 9.48. The quantitative estimate of drug-likeness (QED) is 0.779. The number of rotatable bonds is 2. The maximum Gasteiger partial charge on any atom is 0.413 e. The minimum Gasteiger partial charge on any atom is -0.444 e. The van der Waals surface area contributed by atoms with Crippen LogP contribution in [0.2, 0.25) is 0 Å².